The number of carbonyl (C=O) groups is 1. The first kappa shape index (κ1) is 15.5. The van der Waals surface area contributed by atoms with E-state index in [9.17, 15) is 4.79 Å². The molecule has 0 atom stereocenters. The summed E-state index contributed by atoms with van der Waals surface area (Å²) in [5.41, 5.74) is 1.39. The van der Waals surface area contributed by atoms with Gasteiger partial charge < -0.3 is 14.6 Å². The monoisotopic (exact) mass is 289 g/mol. The van der Waals surface area contributed by atoms with Crippen molar-refractivity contribution in [2.24, 2.45) is 0 Å². The molecule has 0 aliphatic rings. The van der Waals surface area contributed by atoms with Gasteiger partial charge in [-0.05, 0) is 39.3 Å². The largest absolute Gasteiger partial charge is 0.385 e. The predicted octanol–water partition coefficient (Wildman–Crippen LogP) is 2.56. The Morgan fingerprint density at radius 2 is 2.19 bits per heavy atom. The molecule has 0 unspecified atom stereocenters. The van der Waals surface area contributed by atoms with Crippen molar-refractivity contribution in [1.29, 1.82) is 0 Å². The topological polar surface area (TPSA) is 56.1 Å². The lowest BCUT2D eigenvalue weighted by molar-refractivity contribution is 0.0950. The molecule has 0 saturated heterocycles. The summed E-state index contributed by atoms with van der Waals surface area (Å²) in [6.07, 6.45) is 4.45. The highest BCUT2D eigenvalue weighted by Gasteiger charge is 2.21. The van der Waals surface area contributed by atoms with Crippen molar-refractivity contribution in [2.45, 2.75) is 32.7 Å². The first-order chi connectivity index (χ1) is 9.95. The zero-order valence-electron chi connectivity index (χ0n) is 13.1. The van der Waals surface area contributed by atoms with Crippen molar-refractivity contribution in [1.82, 2.24) is 14.9 Å². The average molecular weight is 289 g/mol. The van der Waals surface area contributed by atoms with Crippen LogP contribution in [0.4, 0.5) is 0 Å². The third-order valence-corrected chi connectivity index (χ3v) is 3.34. The van der Waals surface area contributed by atoms with Crippen molar-refractivity contribution in [3.05, 3.63) is 30.1 Å². The van der Waals surface area contributed by atoms with Crippen molar-refractivity contribution in [3.63, 3.8) is 0 Å². The molecule has 2 heterocycles. The van der Waals surface area contributed by atoms with Crippen LogP contribution in [-0.4, -0.2) is 35.7 Å². The van der Waals surface area contributed by atoms with E-state index in [0.29, 0.717) is 18.7 Å². The number of nitrogens with zero attached hydrogens (tertiary/aromatic N) is 2. The Labute approximate surface area is 125 Å². The fraction of sp³-hybridized carbons (Fsp3) is 0.500. The van der Waals surface area contributed by atoms with E-state index >= 15 is 0 Å². The number of nitrogens with one attached hydrogen (secondary N) is 1. The van der Waals surface area contributed by atoms with Crippen LogP contribution in [-0.2, 0) is 10.3 Å². The van der Waals surface area contributed by atoms with Gasteiger partial charge in [-0.1, -0.05) is 0 Å². The lowest BCUT2D eigenvalue weighted by atomic mass is 10.1. The molecule has 0 aliphatic carbocycles. The molecule has 1 N–H and O–H groups in total. The van der Waals surface area contributed by atoms with Gasteiger partial charge in [0.25, 0.3) is 5.91 Å². The maximum absolute atomic E-state index is 12.4. The lowest BCUT2D eigenvalue weighted by Gasteiger charge is -2.21. The van der Waals surface area contributed by atoms with Gasteiger partial charge in [-0.25, -0.2) is 4.98 Å². The van der Waals surface area contributed by atoms with E-state index in [-0.39, 0.29) is 11.4 Å². The molecule has 0 spiro atoms. The minimum Gasteiger partial charge on any atom is -0.385 e. The van der Waals surface area contributed by atoms with Crippen molar-refractivity contribution < 1.29 is 9.53 Å². The number of methoxy groups -OCH3 is 1. The first-order valence-corrected chi connectivity index (χ1v) is 7.19. The third-order valence-electron chi connectivity index (χ3n) is 3.34. The van der Waals surface area contributed by atoms with Crippen LogP contribution >= 0.6 is 0 Å². The van der Waals surface area contributed by atoms with Gasteiger partial charge in [-0.3, -0.25) is 4.79 Å². The minimum absolute atomic E-state index is 0.0629. The fourth-order valence-corrected chi connectivity index (χ4v) is 2.26. The zero-order chi connectivity index (χ0) is 15.5. The van der Waals surface area contributed by atoms with E-state index in [4.69, 9.17) is 4.74 Å². The Hall–Kier alpha value is -1.88. The number of rotatable bonds is 5. The number of ether oxygens (including phenoxy) is 1. The van der Waals surface area contributed by atoms with Crippen LogP contribution in [0.1, 0.15) is 37.6 Å². The number of amides is 1. The second-order valence-electron chi connectivity index (χ2n) is 6.06. The number of pyridine rings is 1. The lowest BCUT2D eigenvalue weighted by Crippen LogP contribution is -2.25. The Morgan fingerprint density at radius 1 is 1.43 bits per heavy atom. The Morgan fingerprint density at radius 3 is 2.86 bits per heavy atom. The fourth-order valence-electron chi connectivity index (χ4n) is 2.26. The smallest absolute Gasteiger partial charge is 0.253 e. The van der Waals surface area contributed by atoms with Gasteiger partial charge in [0, 0.05) is 43.6 Å². The summed E-state index contributed by atoms with van der Waals surface area (Å²) in [6.45, 7) is 7.55. The molecular weight excluding hydrogens is 266 g/mol. The first-order valence-electron chi connectivity index (χ1n) is 7.19. The molecule has 0 aliphatic heterocycles. The zero-order valence-corrected chi connectivity index (χ0v) is 13.1. The number of aromatic nitrogens is 2. The number of hydrogen-bond donors (Lipinski definition) is 1. The van der Waals surface area contributed by atoms with Gasteiger partial charge >= 0.3 is 0 Å². The molecular formula is C16H23N3O2. The standard InChI is InChI=1S/C16H23N3O2/c1-16(2,3)19-11-13(12-7-5-8-17-14(12)19)15(20)18-9-6-10-21-4/h5,7-8,11H,6,9-10H2,1-4H3,(H,18,20). The minimum atomic E-state index is -0.124. The normalized spacial score (nSPS) is 11.8. The molecule has 2 aromatic rings. The van der Waals surface area contributed by atoms with Crippen LogP contribution in [0.3, 0.4) is 0 Å². The SMILES string of the molecule is COCCCNC(=O)c1cn(C(C)(C)C)c2ncccc12. The molecule has 2 rings (SSSR count). The molecule has 0 fully saturated rings. The number of fused-ring (bicyclic) bond motifs is 1. The summed E-state index contributed by atoms with van der Waals surface area (Å²) in [4.78, 5) is 16.8. The van der Waals surface area contributed by atoms with E-state index in [1.54, 1.807) is 13.3 Å². The van der Waals surface area contributed by atoms with Gasteiger partial charge in [0.05, 0.1) is 5.56 Å². The van der Waals surface area contributed by atoms with E-state index in [1.165, 1.54) is 0 Å². The maximum atomic E-state index is 12.4. The Bertz CT molecular complexity index is 626. The summed E-state index contributed by atoms with van der Waals surface area (Å²) in [5, 5.41) is 3.82. The quantitative estimate of drug-likeness (QED) is 0.861. The average Bonchev–Trinajstić information content (AvgIpc) is 2.83. The molecule has 5 heteroatoms. The number of hydrogen-bond acceptors (Lipinski definition) is 3. The highest BCUT2D eigenvalue weighted by atomic mass is 16.5. The second-order valence-corrected chi connectivity index (χ2v) is 6.06. The van der Waals surface area contributed by atoms with E-state index in [1.807, 2.05) is 22.9 Å². The Kier molecular flexibility index (Phi) is 4.63. The molecule has 21 heavy (non-hydrogen) atoms. The van der Waals surface area contributed by atoms with E-state index < -0.39 is 0 Å². The van der Waals surface area contributed by atoms with Crippen LogP contribution < -0.4 is 5.32 Å². The van der Waals surface area contributed by atoms with Gasteiger partial charge in [0.2, 0.25) is 0 Å². The summed E-state index contributed by atoms with van der Waals surface area (Å²) in [5.74, 6) is -0.0629. The summed E-state index contributed by atoms with van der Waals surface area (Å²) >= 11 is 0. The molecule has 0 radical (unpaired) electrons. The Balaban J connectivity index is 2.30. The molecule has 114 valence electrons. The highest BCUT2D eigenvalue weighted by Crippen LogP contribution is 2.25. The van der Waals surface area contributed by atoms with Gasteiger partial charge in [-0.2, -0.15) is 0 Å². The second kappa shape index (κ2) is 6.26. The molecule has 0 saturated carbocycles. The van der Waals surface area contributed by atoms with Crippen molar-refractivity contribution in [3.8, 4) is 0 Å². The molecule has 1 amide bonds. The van der Waals surface area contributed by atoms with Gasteiger partial charge in [0.1, 0.15) is 5.65 Å². The highest BCUT2D eigenvalue weighted by molar-refractivity contribution is 6.06. The maximum Gasteiger partial charge on any atom is 0.253 e. The molecule has 5 nitrogen and oxygen atoms in total. The summed E-state index contributed by atoms with van der Waals surface area (Å²) < 4.78 is 7.03. The summed E-state index contributed by atoms with van der Waals surface area (Å²) in [6, 6.07) is 3.80. The van der Waals surface area contributed by atoms with E-state index in [0.717, 1.165) is 17.5 Å². The number of carbonyl (C=O) groups excluding carboxylic acids is 1. The van der Waals surface area contributed by atoms with Gasteiger partial charge in [-0.15, -0.1) is 0 Å². The summed E-state index contributed by atoms with van der Waals surface area (Å²) in [7, 11) is 1.66. The van der Waals surface area contributed by atoms with Crippen molar-refractivity contribution >= 4 is 16.9 Å². The molecule has 2 aromatic heterocycles. The van der Waals surface area contributed by atoms with Crippen LogP contribution in [0, 0.1) is 0 Å². The molecule has 0 bridgehead atoms. The predicted molar refractivity (Wildman–Crippen MR) is 83.6 cm³/mol. The van der Waals surface area contributed by atoms with Crippen LogP contribution in [0.15, 0.2) is 24.5 Å². The van der Waals surface area contributed by atoms with Crippen LogP contribution in [0.2, 0.25) is 0 Å². The van der Waals surface area contributed by atoms with E-state index in [2.05, 4.69) is 31.1 Å². The van der Waals surface area contributed by atoms with Crippen LogP contribution in [0.25, 0.3) is 11.0 Å². The van der Waals surface area contributed by atoms with Gasteiger partial charge in [0.15, 0.2) is 0 Å². The van der Waals surface area contributed by atoms with Crippen LogP contribution in [0.5, 0.6) is 0 Å². The third kappa shape index (κ3) is 3.42. The molecule has 0 aromatic carbocycles. The van der Waals surface area contributed by atoms with Crippen molar-refractivity contribution in [2.75, 3.05) is 20.3 Å².